The van der Waals surface area contributed by atoms with Crippen molar-refractivity contribution in [3.8, 4) is 11.4 Å². The maximum absolute atomic E-state index is 13.1. The van der Waals surface area contributed by atoms with Crippen LogP contribution in [0.25, 0.3) is 11.4 Å². The van der Waals surface area contributed by atoms with E-state index in [2.05, 4.69) is 30.8 Å². The Morgan fingerprint density at radius 1 is 0.815 bits per heavy atom. The molecule has 8 rings (SSSR count). The fraction of sp³-hybridized carbons (Fsp3) is 0.316. The van der Waals surface area contributed by atoms with E-state index in [1.165, 1.54) is 29.1 Å². The Morgan fingerprint density at radius 3 is 1.93 bits per heavy atom. The molecule has 4 aromatic heterocycles. The molecule has 2 saturated carbocycles. The number of aliphatic hydroxyl groups excluding tert-OH is 1. The van der Waals surface area contributed by atoms with Gasteiger partial charge in [-0.15, -0.1) is 22.7 Å². The highest BCUT2D eigenvalue weighted by Crippen LogP contribution is 2.47. The minimum absolute atomic E-state index is 0.0212. The number of hydrogen-bond acceptors (Lipinski definition) is 10. The second-order valence-electron chi connectivity index (χ2n) is 13.8. The number of thiazole rings is 2. The van der Waals surface area contributed by atoms with Crippen molar-refractivity contribution in [1.29, 1.82) is 0 Å². The maximum atomic E-state index is 13.1. The number of ether oxygens (including phenoxy) is 1. The van der Waals surface area contributed by atoms with Gasteiger partial charge in [0.05, 0.1) is 54.9 Å². The van der Waals surface area contributed by atoms with Crippen LogP contribution in [0.3, 0.4) is 0 Å². The Bertz CT molecular complexity index is 2330. The molecule has 16 heteroatoms. The molecule has 0 spiro atoms. The summed E-state index contributed by atoms with van der Waals surface area (Å²) in [6.07, 6.45) is 13.9. The molecule has 2 aromatic carbocycles. The highest BCUT2D eigenvalue weighted by Gasteiger charge is 2.41. The van der Waals surface area contributed by atoms with E-state index in [4.69, 9.17) is 27.9 Å². The molecule has 2 aliphatic rings. The van der Waals surface area contributed by atoms with Gasteiger partial charge in [-0.2, -0.15) is 10.2 Å². The number of aromatic nitrogens is 6. The van der Waals surface area contributed by atoms with Crippen LogP contribution in [-0.4, -0.2) is 52.6 Å². The van der Waals surface area contributed by atoms with E-state index >= 15 is 0 Å². The van der Waals surface area contributed by atoms with E-state index < -0.39 is 11.8 Å². The van der Waals surface area contributed by atoms with Gasteiger partial charge < -0.3 is 20.5 Å². The number of nitrogens with zero attached hydrogens (tertiary/aromatic N) is 6. The average Bonchev–Trinajstić information content (AvgIpc) is 3.81. The molecule has 54 heavy (non-hydrogen) atoms. The summed E-state index contributed by atoms with van der Waals surface area (Å²) in [5, 5.41) is 26.5. The number of carbonyl (C=O) groups is 2. The first-order chi connectivity index (χ1) is 26.1. The Labute approximate surface area is 329 Å². The van der Waals surface area contributed by atoms with Gasteiger partial charge >= 0.3 is 0 Å². The van der Waals surface area contributed by atoms with Crippen molar-refractivity contribution in [3.05, 3.63) is 116 Å². The average molecular weight is 804 g/mol. The molecule has 2 fully saturated rings. The minimum Gasteiger partial charge on any atom is -0.392 e. The molecule has 0 aliphatic heterocycles. The van der Waals surface area contributed by atoms with E-state index in [0.29, 0.717) is 44.1 Å². The third kappa shape index (κ3) is 8.28. The molecule has 0 saturated heterocycles. The molecular weight excluding hydrogens is 768 g/mol. The van der Waals surface area contributed by atoms with Gasteiger partial charge in [0.25, 0.3) is 0 Å². The molecule has 12 nitrogen and oxygen atoms in total. The SMILES string of the molecule is C[C@H](C(=O)Nc1ncc(C2CC2)s1)c1cnn(-c2cc(Cl)cc(COC3CC3c3cnc(NC(=O)[C@H](C)c4cnn(-c5cc(Cl)cc(CO)c5)c4)s3)c2)c1. The summed E-state index contributed by atoms with van der Waals surface area (Å²) in [7, 11) is 0. The van der Waals surface area contributed by atoms with Crippen LogP contribution in [0.2, 0.25) is 10.0 Å². The van der Waals surface area contributed by atoms with Crippen molar-refractivity contribution in [2.45, 2.75) is 76.1 Å². The summed E-state index contributed by atoms with van der Waals surface area (Å²) in [6.45, 7) is 3.89. The van der Waals surface area contributed by atoms with Gasteiger partial charge in [0.2, 0.25) is 11.8 Å². The van der Waals surface area contributed by atoms with E-state index in [9.17, 15) is 14.7 Å². The quantitative estimate of drug-likeness (QED) is 0.0998. The monoisotopic (exact) mass is 802 g/mol. The van der Waals surface area contributed by atoms with Gasteiger partial charge in [-0.3, -0.25) is 9.59 Å². The largest absolute Gasteiger partial charge is 0.392 e. The third-order valence-corrected chi connectivity index (χ3v) is 12.2. The van der Waals surface area contributed by atoms with Crippen LogP contribution in [0, 0.1) is 0 Å². The van der Waals surface area contributed by atoms with Crippen LogP contribution in [0.15, 0.2) is 73.6 Å². The number of anilines is 2. The van der Waals surface area contributed by atoms with Crippen LogP contribution in [0.5, 0.6) is 0 Å². The lowest BCUT2D eigenvalue weighted by molar-refractivity contribution is -0.118. The lowest BCUT2D eigenvalue weighted by Crippen LogP contribution is -2.18. The summed E-state index contributed by atoms with van der Waals surface area (Å²) in [6, 6.07) is 10.9. The van der Waals surface area contributed by atoms with Crippen molar-refractivity contribution < 1.29 is 19.4 Å². The zero-order valence-corrected chi connectivity index (χ0v) is 32.4. The van der Waals surface area contributed by atoms with Crippen molar-refractivity contribution in [1.82, 2.24) is 29.5 Å². The first kappa shape index (κ1) is 36.5. The zero-order valence-electron chi connectivity index (χ0n) is 29.3. The number of amides is 2. The van der Waals surface area contributed by atoms with Gasteiger partial charge in [0.1, 0.15) is 0 Å². The molecule has 0 radical (unpaired) electrons. The smallest absolute Gasteiger partial charge is 0.233 e. The summed E-state index contributed by atoms with van der Waals surface area (Å²) in [5.41, 5.74) is 4.55. The molecule has 3 N–H and O–H groups in total. The lowest BCUT2D eigenvalue weighted by atomic mass is 10.1. The lowest BCUT2D eigenvalue weighted by Gasteiger charge is -2.09. The van der Waals surface area contributed by atoms with E-state index in [1.807, 2.05) is 44.4 Å². The van der Waals surface area contributed by atoms with Gasteiger partial charge in [0.15, 0.2) is 10.3 Å². The van der Waals surface area contributed by atoms with E-state index in [-0.39, 0.29) is 30.4 Å². The normalized spacial score (nSPS) is 17.6. The molecule has 4 heterocycles. The number of carbonyl (C=O) groups excluding carboxylic acids is 2. The molecule has 0 bridgehead atoms. The molecule has 2 aliphatic carbocycles. The predicted molar refractivity (Wildman–Crippen MR) is 209 cm³/mol. The fourth-order valence-electron chi connectivity index (χ4n) is 6.11. The van der Waals surface area contributed by atoms with Crippen LogP contribution in [-0.2, 0) is 27.5 Å². The molecule has 4 atom stereocenters. The van der Waals surface area contributed by atoms with Crippen molar-refractivity contribution >= 4 is 68.0 Å². The number of rotatable bonds is 14. The van der Waals surface area contributed by atoms with Crippen LogP contribution in [0.1, 0.15) is 88.8 Å². The fourth-order valence-corrected chi connectivity index (χ4v) is 8.59. The third-order valence-electron chi connectivity index (χ3n) is 9.64. The first-order valence-corrected chi connectivity index (χ1v) is 19.9. The molecule has 6 aromatic rings. The molecule has 2 amide bonds. The maximum Gasteiger partial charge on any atom is 0.233 e. The summed E-state index contributed by atoms with van der Waals surface area (Å²) >= 11 is 15.7. The Hall–Kier alpha value is -4.44. The van der Waals surface area contributed by atoms with Crippen molar-refractivity contribution in [2.24, 2.45) is 0 Å². The minimum atomic E-state index is -0.479. The van der Waals surface area contributed by atoms with Crippen molar-refractivity contribution in [2.75, 3.05) is 10.6 Å². The van der Waals surface area contributed by atoms with Crippen molar-refractivity contribution in [3.63, 3.8) is 0 Å². The van der Waals surface area contributed by atoms with E-state index in [0.717, 1.165) is 33.7 Å². The Kier molecular flexibility index (Phi) is 10.4. The molecule has 2 unspecified atom stereocenters. The Balaban J connectivity index is 0.834. The van der Waals surface area contributed by atoms with Crippen LogP contribution >= 0.6 is 45.9 Å². The standard InChI is InChI=1S/C38H36Cl2N8O4S2/c1-20(35(50)45-37-41-14-33(53-37)24-3-4-24)26-13-44-48(17-26)30-8-23(6-28(40)10-30)19-52-32-11-31(32)34-15-42-38(54-34)46-36(51)21(2)25-12-43-47(16-25)29-7-22(18-49)5-27(39)9-29/h5-10,12-17,20-21,24,31-32,49H,3-4,11,18-19H2,1-2H3,(H,41,45,50)(H,42,46,51)/t20-,21+,31?,32?/m0/s1. The van der Waals surface area contributed by atoms with Gasteiger partial charge in [-0.1, -0.05) is 23.2 Å². The Morgan fingerprint density at radius 2 is 1.35 bits per heavy atom. The number of nitrogens with one attached hydrogen (secondary N) is 2. The van der Waals surface area contributed by atoms with Gasteiger partial charge in [0, 0.05) is 61.6 Å². The highest BCUT2D eigenvalue weighted by molar-refractivity contribution is 7.16. The summed E-state index contributed by atoms with van der Waals surface area (Å²) in [4.78, 5) is 37.2. The number of hydrogen-bond donors (Lipinski definition) is 3. The highest BCUT2D eigenvalue weighted by atomic mass is 35.5. The second-order valence-corrected chi connectivity index (χ2v) is 16.8. The summed E-state index contributed by atoms with van der Waals surface area (Å²) < 4.78 is 9.62. The first-order valence-electron chi connectivity index (χ1n) is 17.5. The molecule has 278 valence electrons. The van der Waals surface area contributed by atoms with E-state index in [1.54, 1.807) is 63.7 Å². The van der Waals surface area contributed by atoms with Gasteiger partial charge in [-0.05, 0) is 86.6 Å². The molecular formula is C38H36Cl2N8O4S2. The summed E-state index contributed by atoms with van der Waals surface area (Å²) in [5.74, 6) is -0.438. The number of halogens is 2. The topological polar surface area (TPSA) is 149 Å². The van der Waals surface area contributed by atoms with Crippen LogP contribution < -0.4 is 10.6 Å². The van der Waals surface area contributed by atoms with Crippen LogP contribution in [0.4, 0.5) is 10.3 Å². The number of benzene rings is 2. The van der Waals surface area contributed by atoms with Gasteiger partial charge in [-0.25, -0.2) is 19.3 Å². The second kappa shape index (κ2) is 15.4. The zero-order chi connectivity index (χ0) is 37.5. The predicted octanol–water partition coefficient (Wildman–Crippen LogP) is 8.20. The number of aliphatic hydroxyl groups is 1.